The van der Waals surface area contributed by atoms with Crippen molar-refractivity contribution in [3.05, 3.63) is 35.9 Å². The van der Waals surface area contributed by atoms with Gasteiger partial charge in [0, 0.05) is 5.56 Å². The van der Waals surface area contributed by atoms with Crippen LogP contribution < -0.4 is 27.0 Å². The molecule has 0 bridgehead atoms. The molecule has 0 aliphatic rings. The van der Waals surface area contributed by atoms with Crippen LogP contribution >= 0.6 is 0 Å². The minimum Gasteiger partial charge on any atom is -0.481 e. The summed E-state index contributed by atoms with van der Waals surface area (Å²) in [7, 11) is 0. The molecule has 8 N–H and O–H groups in total. The highest BCUT2D eigenvalue weighted by molar-refractivity contribution is 6.69. The number of halogens is 1. The van der Waals surface area contributed by atoms with E-state index < -0.39 is 114 Å². The molecule has 18 heteroatoms. The third kappa shape index (κ3) is 12.6. The minimum absolute atomic E-state index is 0.270. The number of rotatable bonds is 20. The van der Waals surface area contributed by atoms with Crippen molar-refractivity contribution in [1.29, 1.82) is 0 Å². The van der Waals surface area contributed by atoms with Crippen LogP contribution in [0, 0.1) is 11.8 Å². The molecular weight excluding hydrogens is 653 g/mol. The normalized spacial score (nSPS) is 14.6. The third-order valence-electron chi connectivity index (χ3n) is 7.02. The Morgan fingerprint density at radius 3 is 1.67 bits per heavy atom. The first-order valence-electron chi connectivity index (χ1n) is 15.0. The lowest BCUT2D eigenvalue weighted by Crippen LogP contribution is -2.60. The number of carbonyl (C=O) groups is 10. The maximum atomic E-state index is 14.9. The maximum absolute atomic E-state index is 14.9. The Hall–Kier alpha value is -5.39. The molecule has 1 aromatic rings. The molecule has 0 saturated heterocycles. The van der Waals surface area contributed by atoms with Gasteiger partial charge < -0.3 is 37.2 Å². The van der Waals surface area contributed by atoms with Crippen molar-refractivity contribution in [2.45, 2.75) is 83.8 Å². The van der Waals surface area contributed by atoms with Gasteiger partial charge >= 0.3 is 11.9 Å². The first kappa shape index (κ1) is 41.6. The van der Waals surface area contributed by atoms with E-state index in [1.54, 1.807) is 13.8 Å². The number of Topliss-reactive ketones (excluding diaryl/α,β-unsaturated/α-hetero) is 4. The number of ketones is 4. The summed E-state index contributed by atoms with van der Waals surface area (Å²) in [6.07, 6.45) is -5.43. The van der Waals surface area contributed by atoms with Gasteiger partial charge in [-0.25, -0.2) is 4.39 Å². The summed E-state index contributed by atoms with van der Waals surface area (Å²) in [4.78, 5) is 124. The molecule has 268 valence electrons. The Morgan fingerprint density at radius 2 is 1.18 bits per heavy atom. The molecular formula is C31H40FN5O12. The number of carboxylic acid groups (broad SMARTS) is 2. The van der Waals surface area contributed by atoms with Crippen molar-refractivity contribution in [3.63, 3.8) is 0 Å². The number of nitrogens with one attached hydrogen (secondary N) is 4. The van der Waals surface area contributed by atoms with Crippen molar-refractivity contribution in [2.75, 3.05) is 0 Å². The van der Waals surface area contributed by atoms with Crippen LogP contribution in [0.1, 0.15) is 57.8 Å². The molecule has 1 rings (SSSR count). The molecule has 0 saturated carbocycles. The first-order valence-corrected chi connectivity index (χ1v) is 15.0. The largest absolute Gasteiger partial charge is 0.481 e. The summed E-state index contributed by atoms with van der Waals surface area (Å²) < 4.78 is 14.9. The van der Waals surface area contributed by atoms with Gasteiger partial charge in [-0.3, -0.25) is 47.9 Å². The van der Waals surface area contributed by atoms with Gasteiger partial charge in [0.1, 0.15) is 24.2 Å². The van der Waals surface area contributed by atoms with Crippen LogP contribution in [0.15, 0.2) is 30.3 Å². The van der Waals surface area contributed by atoms with Crippen molar-refractivity contribution in [2.24, 2.45) is 17.6 Å². The molecule has 0 aliphatic carbocycles. The zero-order valence-corrected chi connectivity index (χ0v) is 27.4. The molecule has 4 amide bonds. The predicted octanol–water partition coefficient (Wildman–Crippen LogP) is -1.54. The average molecular weight is 694 g/mol. The molecule has 1 aromatic carbocycles. The van der Waals surface area contributed by atoms with E-state index in [0.717, 1.165) is 19.1 Å². The van der Waals surface area contributed by atoms with Gasteiger partial charge in [-0.05, 0) is 18.8 Å². The topological polar surface area (TPSA) is 285 Å². The average Bonchev–Trinajstić information content (AvgIpc) is 3.03. The highest BCUT2D eigenvalue weighted by Gasteiger charge is 2.40. The minimum atomic E-state index is -3.32. The lowest BCUT2D eigenvalue weighted by molar-refractivity contribution is -0.145. The van der Waals surface area contributed by atoms with Gasteiger partial charge in [-0.1, -0.05) is 58.0 Å². The number of carboxylic acids is 2. The van der Waals surface area contributed by atoms with Gasteiger partial charge in [0.05, 0.1) is 18.9 Å². The second kappa shape index (κ2) is 18.8. The number of benzene rings is 1. The van der Waals surface area contributed by atoms with E-state index >= 15 is 0 Å². The van der Waals surface area contributed by atoms with Gasteiger partial charge in [0.15, 0.2) is 5.78 Å². The maximum Gasteiger partial charge on any atom is 0.305 e. The fraction of sp³-hybridized carbons (Fsp3) is 0.484. The van der Waals surface area contributed by atoms with Crippen LogP contribution in [-0.4, -0.2) is 105 Å². The van der Waals surface area contributed by atoms with E-state index in [1.807, 2.05) is 5.32 Å². The number of alkyl halides is 1. The van der Waals surface area contributed by atoms with Crippen molar-refractivity contribution in [3.8, 4) is 0 Å². The number of hydrogen-bond acceptors (Lipinski definition) is 11. The van der Waals surface area contributed by atoms with E-state index in [1.165, 1.54) is 32.0 Å². The molecule has 49 heavy (non-hydrogen) atoms. The molecule has 6 atom stereocenters. The van der Waals surface area contributed by atoms with Crippen LogP contribution in [0.2, 0.25) is 0 Å². The Balaban J connectivity index is 3.06. The van der Waals surface area contributed by atoms with Crippen molar-refractivity contribution < 1.29 is 62.5 Å². The quantitative estimate of drug-likeness (QED) is 0.0464. The standard InChI is InChI=1S/C31H40FN5O12/c1-13(2)22(33)30(48)36-18(12-20(40)41)29(47)37-23(14(3)4)31(49)34-15(5)28(46)35-17(11-19(38)39)25(43)21(32)26(44)27(45)24(42)16-9-7-6-8-10-16/h6-10,13-15,17-18,21-23H,11-12,33H2,1-5H3,(H,34,49)(H,35,46)(H,36,48)(H,37,47)(H,38,39)(H,40,41)/t15-,17-,18-,21?,22-,23-/m0/s1. The zero-order valence-electron chi connectivity index (χ0n) is 27.4. The molecule has 0 heterocycles. The molecule has 0 spiro atoms. The lowest BCUT2D eigenvalue weighted by atomic mass is 9.96. The monoisotopic (exact) mass is 693 g/mol. The van der Waals surface area contributed by atoms with Crippen LogP contribution in [0.3, 0.4) is 0 Å². The fourth-order valence-corrected chi connectivity index (χ4v) is 4.06. The Labute approximate surface area is 279 Å². The highest BCUT2D eigenvalue weighted by atomic mass is 19.1. The molecule has 17 nitrogen and oxygen atoms in total. The van der Waals surface area contributed by atoms with Crippen molar-refractivity contribution in [1.82, 2.24) is 21.3 Å². The summed E-state index contributed by atoms with van der Waals surface area (Å²) in [5.41, 5.74) is 5.50. The molecule has 0 aliphatic heterocycles. The lowest BCUT2D eigenvalue weighted by Gasteiger charge is -2.27. The summed E-state index contributed by atoms with van der Waals surface area (Å²) in [5, 5.41) is 27.1. The number of hydrogen-bond donors (Lipinski definition) is 7. The molecule has 1 unspecified atom stereocenters. The smallest absolute Gasteiger partial charge is 0.305 e. The number of amides is 4. The summed E-state index contributed by atoms with van der Waals surface area (Å²) in [6, 6.07) is -1.40. The summed E-state index contributed by atoms with van der Waals surface area (Å²) >= 11 is 0. The SMILES string of the molecule is CC(C)[C@H](N)C(=O)N[C@@H](CC(=O)O)C(=O)N[C@H](C(=O)N[C@@H](C)C(=O)N[C@@H](CC(=O)O)C(=O)C(F)C(=O)C(=O)C(=O)c1ccccc1)C(C)C. The van der Waals surface area contributed by atoms with Crippen LogP contribution in [0.5, 0.6) is 0 Å². The Morgan fingerprint density at radius 1 is 0.673 bits per heavy atom. The van der Waals surface area contributed by atoms with Crippen LogP contribution in [0.4, 0.5) is 4.39 Å². The van der Waals surface area contributed by atoms with E-state index in [9.17, 15) is 62.5 Å². The second-order valence-electron chi connectivity index (χ2n) is 11.7. The molecule has 0 radical (unpaired) electrons. The Bertz CT molecular complexity index is 1470. The van der Waals surface area contributed by atoms with Crippen LogP contribution in [-0.2, 0) is 43.2 Å². The fourth-order valence-electron chi connectivity index (χ4n) is 4.06. The Kier molecular flexibility index (Phi) is 16.0. The molecule has 0 fully saturated rings. The van der Waals surface area contributed by atoms with Crippen molar-refractivity contribution >= 4 is 58.7 Å². The van der Waals surface area contributed by atoms with Gasteiger partial charge in [0.25, 0.3) is 5.78 Å². The van der Waals surface area contributed by atoms with E-state index in [4.69, 9.17) is 5.73 Å². The summed E-state index contributed by atoms with van der Waals surface area (Å²) in [5.74, 6) is -15.6. The number of carbonyl (C=O) groups excluding carboxylic acids is 8. The third-order valence-corrected chi connectivity index (χ3v) is 7.02. The molecule has 0 aromatic heterocycles. The van der Waals surface area contributed by atoms with E-state index in [2.05, 4.69) is 16.0 Å². The van der Waals surface area contributed by atoms with Gasteiger partial charge in [0.2, 0.25) is 41.4 Å². The van der Waals surface area contributed by atoms with Gasteiger partial charge in [-0.2, -0.15) is 0 Å². The second-order valence-corrected chi connectivity index (χ2v) is 11.7. The van der Waals surface area contributed by atoms with E-state index in [-0.39, 0.29) is 11.5 Å². The summed E-state index contributed by atoms with van der Waals surface area (Å²) in [6.45, 7) is 7.30. The number of aliphatic carboxylic acids is 2. The first-order chi connectivity index (χ1) is 22.7. The highest BCUT2D eigenvalue weighted by Crippen LogP contribution is 2.10. The zero-order chi connectivity index (χ0) is 37.7. The van der Waals surface area contributed by atoms with Gasteiger partial charge in [-0.15, -0.1) is 0 Å². The van der Waals surface area contributed by atoms with Crippen LogP contribution in [0.25, 0.3) is 0 Å². The van der Waals surface area contributed by atoms with E-state index in [0.29, 0.717) is 0 Å². The predicted molar refractivity (Wildman–Crippen MR) is 166 cm³/mol. The number of nitrogens with two attached hydrogens (primary N) is 1.